The van der Waals surface area contributed by atoms with Crippen LogP contribution in [-0.2, 0) is 0 Å². The minimum Gasteiger partial charge on any atom is -0.504 e. The number of halogens is 1. The summed E-state index contributed by atoms with van der Waals surface area (Å²) in [7, 11) is 3.21. The third-order valence-electron chi connectivity index (χ3n) is 3.59. The van der Waals surface area contributed by atoms with Crippen LogP contribution >= 0.6 is 22.9 Å². The minimum absolute atomic E-state index is 0.0406. The molecule has 0 unspecified atom stereocenters. The summed E-state index contributed by atoms with van der Waals surface area (Å²) in [6, 6.07) is 12.8. The van der Waals surface area contributed by atoms with Crippen LogP contribution in [0.1, 0.15) is 5.56 Å². The summed E-state index contributed by atoms with van der Waals surface area (Å²) >= 11 is 7.78. The van der Waals surface area contributed by atoms with Gasteiger partial charge in [0.2, 0.25) is 4.80 Å². The number of hydrogen-bond acceptors (Lipinski definition) is 5. The first-order valence-corrected chi connectivity index (χ1v) is 8.70. The number of benzene rings is 2. The molecule has 0 amide bonds. The predicted molar refractivity (Wildman–Crippen MR) is 102 cm³/mol. The maximum atomic E-state index is 10.2. The van der Waals surface area contributed by atoms with Gasteiger partial charge in [-0.15, -0.1) is 11.3 Å². The maximum Gasteiger partial charge on any atom is 0.205 e. The molecule has 3 aromatic rings. The van der Waals surface area contributed by atoms with Crippen molar-refractivity contribution in [3.05, 3.63) is 63.2 Å². The molecular weight excluding hydrogens is 358 g/mol. The summed E-state index contributed by atoms with van der Waals surface area (Å²) in [5.41, 5.74) is 2.24. The van der Waals surface area contributed by atoms with Crippen LogP contribution in [0, 0.1) is 0 Å². The Hall–Kier alpha value is -2.57. The van der Waals surface area contributed by atoms with Crippen molar-refractivity contribution < 1.29 is 9.84 Å². The van der Waals surface area contributed by atoms with Gasteiger partial charge in [-0.05, 0) is 18.2 Å². The van der Waals surface area contributed by atoms with Crippen molar-refractivity contribution >= 4 is 29.2 Å². The number of thiazole rings is 1. The topological polar surface area (TPSA) is 59.1 Å². The Morgan fingerprint density at radius 2 is 2.00 bits per heavy atom. The van der Waals surface area contributed by atoms with Crippen LogP contribution in [-0.4, -0.2) is 30.2 Å². The summed E-state index contributed by atoms with van der Waals surface area (Å²) < 4.78 is 6.82. The average Bonchev–Trinajstić information content (AvgIpc) is 3.04. The minimum atomic E-state index is 0.0406. The highest BCUT2D eigenvalue weighted by molar-refractivity contribution is 7.07. The predicted octanol–water partition coefficient (Wildman–Crippen LogP) is 4.00. The quantitative estimate of drug-likeness (QED) is 0.703. The molecule has 0 bridgehead atoms. The number of ether oxygens (including phenoxy) is 1. The Kier molecular flexibility index (Phi) is 5.21. The number of nitrogens with zero attached hydrogens (tertiary/aromatic N) is 3. The van der Waals surface area contributed by atoms with Crippen LogP contribution < -0.4 is 9.54 Å². The van der Waals surface area contributed by atoms with E-state index in [1.807, 2.05) is 29.6 Å². The van der Waals surface area contributed by atoms with Gasteiger partial charge in [0.1, 0.15) is 0 Å². The molecule has 0 aliphatic heterocycles. The molecule has 25 heavy (non-hydrogen) atoms. The SMILES string of the molecule is CN=c1scc(-c2ccccc2Cl)n1N=Cc1cccc(OC)c1O. The van der Waals surface area contributed by atoms with Gasteiger partial charge in [0.05, 0.1) is 19.0 Å². The molecule has 0 fully saturated rings. The lowest BCUT2D eigenvalue weighted by Gasteiger charge is -2.07. The third-order valence-corrected chi connectivity index (χ3v) is 4.83. The lowest BCUT2D eigenvalue weighted by Crippen LogP contribution is -2.11. The molecule has 5 nitrogen and oxygen atoms in total. The molecule has 0 atom stereocenters. The number of aromatic hydroxyl groups is 1. The van der Waals surface area contributed by atoms with Gasteiger partial charge in [0, 0.05) is 28.6 Å². The van der Waals surface area contributed by atoms with Crippen LogP contribution in [0.4, 0.5) is 0 Å². The molecule has 0 spiro atoms. The molecule has 2 aromatic carbocycles. The average molecular weight is 374 g/mol. The van der Waals surface area contributed by atoms with Crippen LogP contribution in [0.3, 0.4) is 0 Å². The number of para-hydroxylation sites is 1. The molecule has 7 heteroatoms. The summed E-state index contributed by atoms with van der Waals surface area (Å²) in [4.78, 5) is 4.97. The Labute approximate surface area is 154 Å². The van der Waals surface area contributed by atoms with Crippen molar-refractivity contribution in [1.29, 1.82) is 0 Å². The van der Waals surface area contributed by atoms with Crippen LogP contribution in [0.2, 0.25) is 5.02 Å². The Balaban J connectivity index is 2.10. The third kappa shape index (κ3) is 3.45. The lowest BCUT2D eigenvalue weighted by atomic mass is 10.2. The second kappa shape index (κ2) is 7.55. The molecule has 1 aromatic heterocycles. The molecular formula is C18H16ClN3O2S. The lowest BCUT2D eigenvalue weighted by molar-refractivity contribution is 0.373. The fourth-order valence-electron chi connectivity index (χ4n) is 2.35. The van der Waals surface area contributed by atoms with Gasteiger partial charge in [0.15, 0.2) is 11.5 Å². The molecule has 0 saturated heterocycles. The van der Waals surface area contributed by atoms with Gasteiger partial charge in [-0.1, -0.05) is 35.9 Å². The van der Waals surface area contributed by atoms with Gasteiger partial charge < -0.3 is 9.84 Å². The van der Waals surface area contributed by atoms with Gasteiger partial charge in [-0.3, -0.25) is 4.99 Å². The first-order chi connectivity index (χ1) is 12.2. The zero-order valence-corrected chi connectivity index (χ0v) is 15.3. The van der Waals surface area contributed by atoms with E-state index in [4.69, 9.17) is 16.3 Å². The highest BCUT2D eigenvalue weighted by Crippen LogP contribution is 2.29. The van der Waals surface area contributed by atoms with E-state index in [-0.39, 0.29) is 5.75 Å². The molecule has 128 valence electrons. The number of hydrogen-bond donors (Lipinski definition) is 1. The van der Waals surface area contributed by atoms with E-state index in [0.717, 1.165) is 11.3 Å². The van der Waals surface area contributed by atoms with Gasteiger partial charge in [-0.25, -0.2) is 4.68 Å². The Bertz CT molecular complexity index is 992. The largest absolute Gasteiger partial charge is 0.504 e. The summed E-state index contributed by atoms with van der Waals surface area (Å²) in [6.45, 7) is 0. The molecule has 0 aliphatic rings. The van der Waals surface area contributed by atoms with Crippen molar-refractivity contribution in [2.24, 2.45) is 10.1 Å². The standard InChI is InChI=1S/C18H16ClN3O2S/c1-20-18-22(15(11-25-18)13-7-3-4-8-14(13)19)21-10-12-6-5-9-16(24-2)17(12)23/h3-11,23H,1-2H3. The maximum absolute atomic E-state index is 10.2. The Morgan fingerprint density at radius 3 is 2.72 bits per heavy atom. The normalized spacial score (nSPS) is 12.0. The van der Waals surface area contributed by atoms with E-state index in [1.54, 1.807) is 36.1 Å². The smallest absolute Gasteiger partial charge is 0.205 e. The first kappa shape index (κ1) is 17.3. The zero-order valence-electron chi connectivity index (χ0n) is 13.7. The fraction of sp³-hybridized carbons (Fsp3) is 0.111. The monoisotopic (exact) mass is 373 g/mol. The number of methoxy groups -OCH3 is 1. The second-order valence-corrected chi connectivity index (χ2v) is 6.31. The van der Waals surface area contributed by atoms with Crippen molar-refractivity contribution in [2.75, 3.05) is 14.2 Å². The number of aromatic nitrogens is 1. The highest BCUT2D eigenvalue weighted by Gasteiger charge is 2.11. The Morgan fingerprint density at radius 1 is 1.20 bits per heavy atom. The van der Waals surface area contributed by atoms with E-state index >= 15 is 0 Å². The molecule has 0 radical (unpaired) electrons. The summed E-state index contributed by atoms with van der Waals surface area (Å²) in [6.07, 6.45) is 1.57. The molecule has 3 rings (SSSR count). The van der Waals surface area contributed by atoms with Gasteiger partial charge in [-0.2, -0.15) is 5.10 Å². The van der Waals surface area contributed by atoms with E-state index in [2.05, 4.69) is 10.1 Å². The first-order valence-electron chi connectivity index (χ1n) is 7.44. The summed E-state index contributed by atoms with van der Waals surface area (Å²) in [5.74, 6) is 0.435. The number of phenolic OH excluding ortho intramolecular Hbond substituents is 1. The van der Waals surface area contributed by atoms with Crippen LogP contribution in [0.25, 0.3) is 11.3 Å². The van der Waals surface area contributed by atoms with E-state index < -0.39 is 0 Å². The van der Waals surface area contributed by atoms with Gasteiger partial charge in [0.25, 0.3) is 0 Å². The van der Waals surface area contributed by atoms with Crippen molar-refractivity contribution in [3.8, 4) is 22.8 Å². The fourth-order valence-corrected chi connectivity index (χ4v) is 3.37. The van der Waals surface area contributed by atoms with E-state index in [0.29, 0.717) is 21.1 Å². The van der Waals surface area contributed by atoms with Gasteiger partial charge >= 0.3 is 0 Å². The van der Waals surface area contributed by atoms with Crippen molar-refractivity contribution in [1.82, 2.24) is 4.68 Å². The zero-order chi connectivity index (χ0) is 17.8. The van der Waals surface area contributed by atoms with E-state index in [9.17, 15) is 5.11 Å². The molecule has 1 N–H and O–H groups in total. The molecule has 0 aliphatic carbocycles. The number of rotatable bonds is 4. The molecule has 1 heterocycles. The van der Waals surface area contributed by atoms with Crippen LogP contribution in [0.15, 0.2) is 57.9 Å². The highest BCUT2D eigenvalue weighted by atomic mass is 35.5. The second-order valence-electron chi connectivity index (χ2n) is 5.06. The molecule has 0 saturated carbocycles. The number of phenols is 1. The van der Waals surface area contributed by atoms with E-state index in [1.165, 1.54) is 18.4 Å². The van der Waals surface area contributed by atoms with Crippen molar-refractivity contribution in [2.45, 2.75) is 0 Å². The van der Waals surface area contributed by atoms with Crippen LogP contribution in [0.5, 0.6) is 11.5 Å². The summed E-state index contributed by atoms with van der Waals surface area (Å²) in [5, 5.41) is 17.3. The van der Waals surface area contributed by atoms with Crippen molar-refractivity contribution in [3.63, 3.8) is 0 Å².